The number of rotatable bonds is 4. The van der Waals surface area contributed by atoms with Crippen molar-refractivity contribution in [3.63, 3.8) is 0 Å². The molecule has 0 saturated heterocycles. The molecule has 1 aliphatic carbocycles. The predicted octanol–water partition coefficient (Wildman–Crippen LogP) is 2.96. The molecular formula is C14H24N2O. The molecule has 96 valence electrons. The molecule has 0 aromatic carbocycles. The average molecular weight is 236 g/mol. The van der Waals surface area contributed by atoms with Crippen LogP contribution in [0.4, 0.5) is 0 Å². The van der Waals surface area contributed by atoms with Crippen LogP contribution in [0.15, 0.2) is 0 Å². The van der Waals surface area contributed by atoms with Gasteiger partial charge in [-0.3, -0.25) is 4.79 Å². The SMILES string of the molecule is CC(C)CN(C(=O)C1(C#N)CCCC1)C(C)C. The predicted molar refractivity (Wildman–Crippen MR) is 68.2 cm³/mol. The van der Waals surface area contributed by atoms with Gasteiger partial charge in [-0.15, -0.1) is 0 Å². The molecule has 0 radical (unpaired) electrons. The summed E-state index contributed by atoms with van der Waals surface area (Å²) in [7, 11) is 0. The molecule has 0 aromatic rings. The van der Waals surface area contributed by atoms with E-state index < -0.39 is 5.41 Å². The second-order valence-electron chi connectivity index (χ2n) is 5.85. The van der Waals surface area contributed by atoms with Gasteiger partial charge in [0.05, 0.1) is 6.07 Å². The van der Waals surface area contributed by atoms with E-state index in [0.717, 1.165) is 32.2 Å². The Balaban J connectivity index is 2.87. The highest BCUT2D eigenvalue weighted by Crippen LogP contribution is 2.39. The van der Waals surface area contributed by atoms with Crippen molar-refractivity contribution < 1.29 is 4.79 Å². The minimum Gasteiger partial charge on any atom is -0.339 e. The highest BCUT2D eigenvalue weighted by Gasteiger charge is 2.44. The summed E-state index contributed by atoms with van der Waals surface area (Å²) in [5, 5.41) is 9.35. The van der Waals surface area contributed by atoms with Crippen molar-refractivity contribution in [2.45, 2.75) is 59.4 Å². The van der Waals surface area contributed by atoms with Crippen LogP contribution in [-0.4, -0.2) is 23.4 Å². The zero-order chi connectivity index (χ0) is 13.1. The number of hydrogen-bond acceptors (Lipinski definition) is 2. The number of hydrogen-bond donors (Lipinski definition) is 0. The molecule has 0 N–H and O–H groups in total. The molecule has 0 aliphatic heterocycles. The van der Waals surface area contributed by atoms with E-state index in [0.29, 0.717) is 5.92 Å². The van der Waals surface area contributed by atoms with Crippen molar-refractivity contribution in [3.8, 4) is 6.07 Å². The van der Waals surface area contributed by atoms with E-state index in [2.05, 4.69) is 19.9 Å². The highest BCUT2D eigenvalue weighted by molar-refractivity contribution is 5.86. The third-order valence-corrected chi connectivity index (χ3v) is 3.53. The zero-order valence-corrected chi connectivity index (χ0v) is 11.5. The lowest BCUT2D eigenvalue weighted by molar-refractivity contribution is -0.141. The van der Waals surface area contributed by atoms with Gasteiger partial charge < -0.3 is 4.90 Å². The Bertz CT molecular complexity index is 309. The van der Waals surface area contributed by atoms with Gasteiger partial charge >= 0.3 is 0 Å². The largest absolute Gasteiger partial charge is 0.339 e. The van der Waals surface area contributed by atoms with Crippen molar-refractivity contribution >= 4 is 5.91 Å². The van der Waals surface area contributed by atoms with Crippen LogP contribution in [0, 0.1) is 22.7 Å². The second kappa shape index (κ2) is 5.53. The molecule has 1 saturated carbocycles. The molecule has 1 amide bonds. The Labute approximate surface area is 105 Å². The molecule has 0 heterocycles. The van der Waals surface area contributed by atoms with E-state index in [4.69, 9.17) is 0 Å². The van der Waals surface area contributed by atoms with Crippen LogP contribution in [0.25, 0.3) is 0 Å². The molecule has 3 nitrogen and oxygen atoms in total. The molecule has 1 aliphatic rings. The second-order valence-corrected chi connectivity index (χ2v) is 5.85. The average Bonchev–Trinajstić information content (AvgIpc) is 2.74. The van der Waals surface area contributed by atoms with Crippen molar-refractivity contribution in [1.82, 2.24) is 4.90 Å². The number of nitrogens with zero attached hydrogens (tertiary/aromatic N) is 2. The minimum atomic E-state index is -0.723. The van der Waals surface area contributed by atoms with E-state index in [1.807, 2.05) is 18.7 Å². The smallest absolute Gasteiger partial charge is 0.243 e. The monoisotopic (exact) mass is 236 g/mol. The van der Waals surface area contributed by atoms with Gasteiger partial charge in [-0.2, -0.15) is 5.26 Å². The maximum atomic E-state index is 12.6. The van der Waals surface area contributed by atoms with Gasteiger partial charge in [0.1, 0.15) is 5.41 Å². The van der Waals surface area contributed by atoms with Gasteiger partial charge in [0.2, 0.25) is 5.91 Å². The van der Waals surface area contributed by atoms with Crippen LogP contribution in [0.2, 0.25) is 0 Å². The first-order chi connectivity index (χ1) is 7.93. The molecule has 1 fully saturated rings. The van der Waals surface area contributed by atoms with E-state index in [-0.39, 0.29) is 11.9 Å². The summed E-state index contributed by atoms with van der Waals surface area (Å²) in [5.41, 5.74) is -0.723. The first-order valence-electron chi connectivity index (χ1n) is 6.65. The van der Waals surface area contributed by atoms with Crippen molar-refractivity contribution in [1.29, 1.82) is 5.26 Å². The summed E-state index contributed by atoms with van der Waals surface area (Å²) >= 11 is 0. The van der Waals surface area contributed by atoms with Gasteiger partial charge in [-0.25, -0.2) is 0 Å². The van der Waals surface area contributed by atoms with Gasteiger partial charge in [-0.05, 0) is 32.6 Å². The number of carbonyl (C=O) groups excluding carboxylic acids is 1. The Kier molecular flexibility index (Phi) is 4.56. The van der Waals surface area contributed by atoms with E-state index in [1.165, 1.54) is 0 Å². The van der Waals surface area contributed by atoms with Crippen LogP contribution in [-0.2, 0) is 4.79 Å². The first-order valence-corrected chi connectivity index (χ1v) is 6.65. The van der Waals surface area contributed by atoms with Crippen LogP contribution in [0.5, 0.6) is 0 Å². The lowest BCUT2D eigenvalue weighted by Gasteiger charge is -2.34. The Morgan fingerprint density at radius 2 is 1.82 bits per heavy atom. The third kappa shape index (κ3) is 3.00. The maximum Gasteiger partial charge on any atom is 0.243 e. The third-order valence-electron chi connectivity index (χ3n) is 3.53. The van der Waals surface area contributed by atoms with E-state index in [9.17, 15) is 10.1 Å². The van der Waals surface area contributed by atoms with Crippen LogP contribution in [0.1, 0.15) is 53.4 Å². The van der Waals surface area contributed by atoms with Crippen molar-refractivity contribution in [2.75, 3.05) is 6.54 Å². The summed E-state index contributed by atoms with van der Waals surface area (Å²) in [5.74, 6) is 0.500. The van der Waals surface area contributed by atoms with E-state index >= 15 is 0 Å². The molecular weight excluding hydrogens is 212 g/mol. The Hall–Kier alpha value is -1.04. The lowest BCUT2D eigenvalue weighted by atomic mass is 9.85. The van der Waals surface area contributed by atoms with Gasteiger partial charge in [0.25, 0.3) is 0 Å². The normalized spacial score (nSPS) is 18.4. The maximum absolute atomic E-state index is 12.6. The van der Waals surface area contributed by atoms with E-state index in [1.54, 1.807) is 0 Å². The van der Waals surface area contributed by atoms with Crippen LogP contribution >= 0.6 is 0 Å². The molecule has 17 heavy (non-hydrogen) atoms. The van der Waals surface area contributed by atoms with Crippen molar-refractivity contribution in [2.24, 2.45) is 11.3 Å². The topological polar surface area (TPSA) is 44.1 Å². The summed E-state index contributed by atoms with van der Waals surface area (Å²) < 4.78 is 0. The number of amides is 1. The number of carbonyl (C=O) groups is 1. The van der Waals surface area contributed by atoms with Gasteiger partial charge in [-0.1, -0.05) is 26.7 Å². The standard InChI is InChI=1S/C14H24N2O/c1-11(2)9-16(12(3)4)13(17)14(10-15)7-5-6-8-14/h11-12H,5-9H2,1-4H3. The minimum absolute atomic E-state index is 0.0567. The summed E-state index contributed by atoms with van der Waals surface area (Å²) in [6, 6.07) is 2.47. The molecule has 0 atom stereocenters. The fourth-order valence-electron chi connectivity index (χ4n) is 2.55. The first kappa shape index (κ1) is 14.0. The summed E-state index contributed by atoms with van der Waals surface area (Å²) in [6.45, 7) is 9.02. The summed E-state index contributed by atoms with van der Waals surface area (Å²) in [4.78, 5) is 14.5. The molecule has 1 rings (SSSR count). The fourth-order valence-corrected chi connectivity index (χ4v) is 2.55. The van der Waals surface area contributed by atoms with Crippen LogP contribution in [0.3, 0.4) is 0 Å². The molecule has 0 aromatic heterocycles. The fraction of sp³-hybridized carbons (Fsp3) is 0.857. The molecule has 0 bridgehead atoms. The Morgan fingerprint density at radius 1 is 1.29 bits per heavy atom. The van der Waals surface area contributed by atoms with Crippen molar-refractivity contribution in [3.05, 3.63) is 0 Å². The molecule has 0 unspecified atom stereocenters. The van der Waals surface area contributed by atoms with Gasteiger partial charge in [0.15, 0.2) is 0 Å². The highest BCUT2D eigenvalue weighted by atomic mass is 16.2. The zero-order valence-electron chi connectivity index (χ0n) is 11.5. The molecule has 0 spiro atoms. The lowest BCUT2D eigenvalue weighted by Crippen LogP contribution is -2.47. The quantitative estimate of drug-likeness (QED) is 0.753. The van der Waals surface area contributed by atoms with Gasteiger partial charge in [0, 0.05) is 12.6 Å². The number of nitriles is 1. The van der Waals surface area contributed by atoms with Crippen LogP contribution < -0.4 is 0 Å². The Morgan fingerprint density at radius 3 is 2.18 bits per heavy atom. The summed E-state index contributed by atoms with van der Waals surface area (Å²) in [6.07, 6.45) is 3.49. The molecule has 3 heteroatoms.